The summed E-state index contributed by atoms with van der Waals surface area (Å²) in [6, 6.07) is -0.689. The molecule has 0 bridgehead atoms. The van der Waals surface area contributed by atoms with Gasteiger partial charge in [0.15, 0.2) is 5.92 Å². The molecule has 0 spiro atoms. The number of imide groups is 2. The van der Waals surface area contributed by atoms with Crippen molar-refractivity contribution in [1.29, 1.82) is 0 Å². The molecule has 0 aliphatic carbocycles. The quantitative estimate of drug-likeness (QED) is 0.472. The first-order valence-corrected chi connectivity index (χ1v) is 6.65. The van der Waals surface area contributed by atoms with Crippen molar-refractivity contribution in [2.75, 3.05) is 46.3 Å². The molecule has 110 valence electrons. The van der Waals surface area contributed by atoms with Crippen LogP contribution in [0.3, 0.4) is 0 Å². The van der Waals surface area contributed by atoms with Crippen molar-refractivity contribution in [1.82, 2.24) is 20.4 Å². The largest absolute Gasteiger partial charge is 0.330 e. The van der Waals surface area contributed by atoms with E-state index in [0.717, 1.165) is 37.6 Å². The molecule has 2 aliphatic heterocycles. The van der Waals surface area contributed by atoms with Crippen LogP contribution in [0.15, 0.2) is 4.99 Å². The summed E-state index contributed by atoms with van der Waals surface area (Å²) in [4.78, 5) is 41.9. The van der Waals surface area contributed by atoms with E-state index >= 15 is 0 Å². The number of carbonyl (C=O) groups excluding carboxylic acids is 3. The third-order valence-corrected chi connectivity index (χ3v) is 3.42. The Morgan fingerprint density at radius 1 is 1.30 bits per heavy atom. The van der Waals surface area contributed by atoms with Gasteiger partial charge in [0.25, 0.3) is 0 Å². The lowest BCUT2D eigenvalue weighted by molar-refractivity contribution is -0.138. The van der Waals surface area contributed by atoms with Crippen LogP contribution in [0.2, 0.25) is 0 Å². The molecule has 0 aromatic heterocycles. The fourth-order valence-corrected chi connectivity index (χ4v) is 2.13. The second kappa shape index (κ2) is 6.58. The molecule has 2 heterocycles. The van der Waals surface area contributed by atoms with Crippen LogP contribution in [0.5, 0.6) is 0 Å². The highest BCUT2D eigenvalue weighted by Crippen LogP contribution is 2.06. The van der Waals surface area contributed by atoms with Crippen molar-refractivity contribution < 1.29 is 14.4 Å². The molecule has 0 radical (unpaired) electrons. The summed E-state index contributed by atoms with van der Waals surface area (Å²) < 4.78 is 0. The van der Waals surface area contributed by atoms with E-state index < -0.39 is 23.8 Å². The van der Waals surface area contributed by atoms with Crippen LogP contribution in [0, 0.1) is 5.92 Å². The highest BCUT2D eigenvalue weighted by atomic mass is 16.2. The minimum absolute atomic E-state index is 0.536. The minimum Gasteiger partial charge on any atom is -0.314 e. The average Bonchev–Trinajstić information content (AvgIpc) is 2.45. The van der Waals surface area contributed by atoms with Crippen molar-refractivity contribution in [2.24, 2.45) is 10.9 Å². The molecule has 8 heteroatoms. The Bertz CT molecular complexity index is 431. The van der Waals surface area contributed by atoms with Crippen molar-refractivity contribution in [2.45, 2.75) is 0 Å². The summed E-state index contributed by atoms with van der Waals surface area (Å²) in [6.07, 6.45) is 1.34. The number of piperazine rings is 1. The molecular weight excluding hydrogens is 262 g/mol. The summed E-state index contributed by atoms with van der Waals surface area (Å²) in [6.45, 7) is 5.25. The number of nitrogens with one attached hydrogen (secondary N) is 2. The first-order chi connectivity index (χ1) is 9.59. The summed E-state index contributed by atoms with van der Waals surface area (Å²) in [5, 5.41) is 5.38. The smallest absolute Gasteiger partial charge is 0.314 e. The molecule has 4 amide bonds. The van der Waals surface area contributed by atoms with Crippen LogP contribution in [0.1, 0.15) is 0 Å². The first-order valence-electron chi connectivity index (χ1n) is 6.65. The molecule has 2 N–H and O–H groups in total. The zero-order valence-corrected chi connectivity index (χ0v) is 11.5. The van der Waals surface area contributed by atoms with E-state index in [4.69, 9.17) is 0 Å². The topological polar surface area (TPSA) is 94.1 Å². The van der Waals surface area contributed by atoms with Crippen molar-refractivity contribution in [3.8, 4) is 0 Å². The fraction of sp³-hybridized carbons (Fsp3) is 0.667. The number of nitrogens with zero attached hydrogens (tertiary/aromatic N) is 3. The highest BCUT2D eigenvalue weighted by molar-refractivity contribution is 6.23. The summed E-state index contributed by atoms with van der Waals surface area (Å²) >= 11 is 0. The maximum absolute atomic E-state index is 11.8. The minimum atomic E-state index is -0.999. The van der Waals surface area contributed by atoms with Gasteiger partial charge >= 0.3 is 6.03 Å². The third-order valence-electron chi connectivity index (χ3n) is 3.42. The number of aliphatic imine (C=N–C) groups is 1. The van der Waals surface area contributed by atoms with E-state index in [0.29, 0.717) is 6.54 Å². The Morgan fingerprint density at radius 3 is 2.70 bits per heavy atom. The molecule has 0 saturated carbocycles. The molecule has 8 nitrogen and oxygen atoms in total. The molecular formula is C12H19N5O3. The van der Waals surface area contributed by atoms with Gasteiger partial charge < -0.3 is 5.32 Å². The van der Waals surface area contributed by atoms with Crippen molar-refractivity contribution in [3.05, 3.63) is 0 Å². The molecule has 2 saturated heterocycles. The van der Waals surface area contributed by atoms with E-state index in [1.807, 2.05) is 0 Å². The molecule has 0 aromatic carbocycles. The maximum atomic E-state index is 11.8. The molecule has 0 aromatic rings. The van der Waals surface area contributed by atoms with Gasteiger partial charge in [0.1, 0.15) is 0 Å². The maximum Gasteiger partial charge on any atom is 0.330 e. The Morgan fingerprint density at radius 2 is 2.00 bits per heavy atom. The lowest BCUT2D eigenvalue weighted by Gasteiger charge is -2.26. The summed E-state index contributed by atoms with van der Waals surface area (Å²) in [7, 11) is 1.34. The van der Waals surface area contributed by atoms with Gasteiger partial charge in [0, 0.05) is 46.0 Å². The predicted molar refractivity (Wildman–Crippen MR) is 72.5 cm³/mol. The SMILES string of the molecule is CN1C(=O)NC(=O)[C@@H](C=NCCN2CCNCC2)C1=O. The normalized spacial score (nSPS) is 25.4. The Hall–Kier alpha value is -1.80. The molecule has 1 atom stereocenters. The average molecular weight is 281 g/mol. The van der Waals surface area contributed by atoms with Gasteiger partial charge in [0.2, 0.25) is 11.8 Å². The third kappa shape index (κ3) is 3.40. The van der Waals surface area contributed by atoms with Crippen LogP contribution < -0.4 is 10.6 Å². The molecule has 20 heavy (non-hydrogen) atoms. The second-order valence-electron chi connectivity index (χ2n) is 4.82. The van der Waals surface area contributed by atoms with Gasteiger partial charge in [-0.15, -0.1) is 0 Å². The number of hydrogen-bond acceptors (Lipinski definition) is 6. The van der Waals surface area contributed by atoms with Crippen molar-refractivity contribution >= 4 is 24.1 Å². The number of amides is 4. The summed E-state index contributed by atoms with van der Waals surface area (Å²) in [5.41, 5.74) is 0. The van der Waals surface area contributed by atoms with Crippen LogP contribution >= 0.6 is 0 Å². The lowest BCUT2D eigenvalue weighted by Crippen LogP contribution is -2.56. The van der Waals surface area contributed by atoms with Gasteiger partial charge in [0.05, 0.1) is 6.54 Å². The monoisotopic (exact) mass is 281 g/mol. The van der Waals surface area contributed by atoms with Crippen molar-refractivity contribution in [3.63, 3.8) is 0 Å². The first kappa shape index (κ1) is 14.6. The predicted octanol–water partition coefficient (Wildman–Crippen LogP) is -1.71. The van der Waals surface area contributed by atoms with Crippen LogP contribution in [-0.2, 0) is 9.59 Å². The Labute approximate surface area is 117 Å². The van der Waals surface area contributed by atoms with Crippen LogP contribution in [0.25, 0.3) is 0 Å². The number of carbonyl (C=O) groups is 3. The Balaban J connectivity index is 1.82. The van der Waals surface area contributed by atoms with Gasteiger partial charge in [-0.25, -0.2) is 4.79 Å². The standard InChI is InChI=1S/C12H19N5O3/c1-16-11(19)9(10(18)15-12(16)20)8-14-4-7-17-5-2-13-3-6-17/h8-9,13H,2-7H2,1H3,(H,15,18,20)/t9-/m1/s1. The molecule has 2 aliphatic rings. The van der Waals surface area contributed by atoms with Crippen LogP contribution in [-0.4, -0.2) is 80.2 Å². The van der Waals surface area contributed by atoms with E-state index in [-0.39, 0.29) is 0 Å². The molecule has 2 rings (SSSR count). The van der Waals surface area contributed by atoms with Gasteiger partial charge in [-0.2, -0.15) is 0 Å². The summed E-state index contributed by atoms with van der Waals surface area (Å²) in [5.74, 6) is -2.14. The molecule has 2 fully saturated rings. The van der Waals surface area contributed by atoms with E-state index in [1.54, 1.807) is 0 Å². The number of hydrogen-bond donors (Lipinski definition) is 2. The zero-order chi connectivity index (χ0) is 14.5. The van der Waals surface area contributed by atoms with E-state index in [9.17, 15) is 14.4 Å². The second-order valence-corrected chi connectivity index (χ2v) is 4.82. The number of urea groups is 1. The van der Waals surface area contributed by atoms with Gasteiger partial charge in [-0.1, -0.05) is 0 Å². The van der Waals surface area contributed by atoms with Crippen LogP contribution in [0.4, 0.5) is 4.79 Å². The number of barbiturate groups is 1. The fourth-order valence-electron chi connectivity index (χ4n) is 2.13. The Kier molecular flexibility index (Phi) is 4.80. The van der Waals surface area contributed by atoms with E-state index in [1.165, 1.54) is 13.3 Å². The van der Waals surface area contributed by atoms with E-state index in [2.05, 4.69) is 20.5 Å². The lowest BCUT2D eigenvalue weighted by atomic mass is 10.1. The molecule has 0 unspecified atom stereocenters. The zero-order valence-electron chi connectivity index (χ0n) is 11.5. The van der Waals surface area contributed by atoms with Gasteiger partial charge in [-0.3, -0.25) is 29.7 Å². The highest BCUT2D eigenvalue weighted by Gasteiger charge is 2.37. The number of rotatable bonds is 4. The van der Waals surface area contributed by atoms with Gasteiger partial charge in [-0.05, 0) is 0 Å².